The van der Waals surface area contributed by atoms with Crippen LogP contribution in [0.5, 0.6) is 0 Å². The average Bonchev–Trinajstić information content (AvgIpc) is 3.07. The first-order valence-corrected chi connectivity index (χ1v) is 11.9. The van der Waals surface area contributed by atoms with E-state index in [1.807, 2.05) is 48.5 Å². The zero-order valence-corrected chi connectivity index (χ0v) is 19.8. The Kier molecular flexibility index (Phi) is 6.24. The third-order valence-electron chi connectivity index (χ3n) is 6.22. The fourth-order valence-electron chi connectivity index (χ4n) is 4.65. The van der Waals surface area contributed by atoms with E-state index >= 15 is 0 Å². The summed E-state index contributed by atoms with van der Waals surface area (Å²) in [5.41, 5.74) is 3.30. The van der Waals surface area contributed by atoms with Gasteiger partial charge in [-0.25, -0.2) is 0 Å². The number of hydrogen-bond acceptors (Lipinski definition) is 3. The Balaban J connectivity index is 1.29. The highest BCUT2D eigenvalue weighted by Crippen LogP contribution is 2.33. The van der Waals surface area contributed by atoms with Crippen molar-refractivity contribution in [2.45, 2.75) is 12.6 Å². The number of nitrogens with zero attached hydrogens (tertiary/aromatic N) is 3. The third-order valence-corrected chi connectivity index (χ3v) is 6.94. The summed E-state index contributed by atoms with van der Waals surface area (Å²) in [6.07, 6.45) is -0.484. The molecule has 0 unspecified atom stereocenters. The van der Waals surface area contributed by atoms with Crippen molar-refractivity contribution in [3.63, 3.8) is 0 Å². The van der Waals surface area contributed by atoms with E-state index in [0.717, 1.165) is 53.0 Å². The number of rotatable bonds is 5. The molecule has 3 aromatic carbocycles. The molecule has 1 N–H and O–H groups in total. The number of fused-ring (bicyclic) bond motifs is 3. The number of benzene rings is 3. The number of aromatic nitrogens is 1. The summed E-state index contributed by atoms with van der Waals surface area (Å²) in [7, 11) is 0. The summed E-state index contributed by atoms with van der Waals surface area (Å²) >= 11 is 18.5. The highest BCUT2D eigenvalue weighted by molar-refractivity contribution is 6.33. The molecule has 5 rings (SSSR count). The Hall–Kier alpha value is -1.95. The molecular weight excluding hydrogens is 465 g/mol. The first kappa shape index (κ1) is 21.9. The molecule has 1 fully saturated rings. The molecule has 4 aromatic rings. The number of aliphatic hydroxyl groups is 1. The molecule has 0 amide bonds. The molecule has 0 saturated carbocycles. The molecule has 7 heteroatoms. The standard InChI is InChI=1S/C25H24Cl3N3O/c26-17-1-5-20(6-2-17)30-11-9-29(10-12-30)15-21(32)16-31-24-7-3-18(27)13-22(24)23-14-19(28)4-8-25(23)31/h1-8,13-14,21,32H,9-12,15-16H2/t21-/m1/s1. The molecule has 1 aromatic heterocycles. The molecule has 0 aliphatic carbocycles. The van der Waals surface area contributed by atoms with Crippen LogP contribution in [0.15, 0.2) is 60.7 Å². The van der Waals surface area contributed by atoms with Crippen molar-refractivity contribution in [2.24, 2.45) is 0 Å². The Morgan fingerprint density at radius 2 is 1.22 bits per heavy atom. The lowest BCUT2D eigenvalue weighted by molar-refractivity contribution is 0.0969. The van der Waals surface area contributed by atoms with Crippen LogP contribution in [-0.2, 0) is 6.54 Å². The molecule has 1 saturated heterocycles. The summed E-state index contributed by atoms with van der Waals surface area (Å²) in [6.45, 7) is 4.84. The zero-order chi connectivity index (χ0) is 22.2. The van der Waals surface area contributed by atoms with Gasteiger partial charge in [0.15, 0.2) is 0 Å². The normalized spacial score (nSPS) is 16.2. The van der Waals surface area contributed by atoms with E-state index in [-0.39, 0.29) is 0 Å². The second-order valence-electron chi connectivity index (χ2n) is 8.35. The van der Waals surface area contributed by atoms with E-state index < -0.39 is 6.10 Å². The maximum atomic E-state index is 11.0. The van der Waals surface area contributed by atoms with Crippen LogP contribution in [0, 0.1) is 0 Å². The molecule has 1 aliphatic rings. The topological polar surface area (TPSA) is 31.6 Å². The van der Waals surface area contributed by atoms with Crippen LogP contribution in [0.3, 0.4) is 0 Å². The number of hydrogen-bond donors (Lipinski definition) is 1. The van der Waals surface area contributed by atoms with E-state index in [1.165, 1.54) is 5.69 Å². The molecule has 2 heterocycles. The zero-order valence-electron chi connectivity index (χ0n) is 17.5. The van der Waals surface area contributed by atoms with Crippen LogP contribution in [0.25, 0.3) is 21.8 Å². The number of halogens is 3. The first-order chi connectivity index (χ1) is 15.5. The minimum Gasteiger partial charge on any atom is -0.390 e. The number of aliphatic hydroxyl groups excluding tert-OH is 1. The van der Waals surface area contributed by atoms with Crippen molar-refractivity contribution >= 4 is 62.3 Å². The largest absolute Gasteiger partial charge is 0.390 e. The molecule has 0 spiro atoms. The Bertz CT molecular complexity index is 1190. The predicted octanol–water partition coefficient (Wildman–Crippen LogP) is 5.94. The van der Waals surface area contributed by atoms with Crippen LogP contribution in [-0.4, -0.2) is 53.4 Å². The first-order valence-electron chi connectivity index (χ1n) is 10.8. The lowest BCUT2D eigenvalue weighted by Crippen LogP contribution is -2.49. The minimum absolute atomic E-state index is 0.484. The smallest absolute Gasteiger partial charge is 0.0845 e. The highest BCUT2D eigenvalue weighted by Gasteiger charge is 2.21. The minimum atomic E-state index is -0.484. The Morgan fingerprint density at radius 3 is 1.78 bits per heavy atom. The van der Waals surface area contributed by atoms with Gasteiger partial charge < -0.3 is 14.6 Å². The van der Waals surface area contributed by atoms with Crippen LogP contribution < -0.4 is 4.90 Å². The number of β-amino-alcohol motifs (C(OH)–C–C–N with tert-alkyl or cyclic N) is 1. The van der Waals surface area contributed by atoms with Crippen molar-refractivity contribution in [2.75, 3.05) is 37.6 Å². The van der Waals surface area contributed by atoms with Crippen molar-refractivity contribution in [3.05, 3.63) is 75.7 Å². The fraction of sp³-hybridized carbons (Fsp3) is 0.280. The molecular formula is C25H24Cl3N3O. The Morgan fingerprint density at radius 1 is 0.688 bits per heavy atom. The van der Waals surface area contributed by atoms with Crippen LogP contribution in [0.1, 0.15) is 0 Å². The molecule has 32 heavy (non-hydrogen) atoms. The number of piperazine rings is 1. The molecule has 0 radical (unpaired) electrons. The molecule has 1 aliphatic heterocycles. The average molecular weight is 489 g/mol. The lowest BCUT2D eigenvalue weighted by atomic mass is 10.1. The summed E-state index contributed by atoms with van der Waals surface area (Å²) in [5.74, 6) is 0. The van der Waals surface area contributed by atoms with Crippen LogP contribution in [0.2, 0.25) is 15.1 Å². The van der Waals surface area contributed by atoms with Gasteiger partial charge in [0.1, 0.15) is 0 Å². The van der Waals surface area contributed by atoms with Crippen molar-refractivity contribution < 1.29 is 5.11 Å². The van der Waals surface area contributed by atoms with Gasteiger partial charge in [0.25, 0.3) is 0 Å². The van der Waals surface area contributed by atoms with Gasteiger partial charge >= 0.3 is 0 Å². The van der Waals surface area contributed by atoms with Gasteiger partial charge in [-0.1, -0.05) is 34.8 Å². The van der Waals surface area contributed by atoms with Crippen molar-refractivity contribution in [3.8, 4) is 0 Å². The van der Waals surface area contributed by atoms with Gasteiger partial charge in [-0.15, -0.1) is 0 Å². The van der Waals surface area contributed by atoms with E-state index in [2.05, 4.69) is 26.5 Å². The van der Waals surface area contributed by atoms with Gasteiger partial charge in [-0.2, -0.15) is 0 Å². The highest BCUT2D eigenvalue weighted by atomic mass is 35.5. The monoisotopic (exact) mass is 487 g/mol. The second kappa shape index (κ2) is 9.12. The maximum Gasteiger partial charge on any atom is 0.0845 e. The second-order valence-corrected chi connectivity index (χ2v) is 9.66. The number of anilines is 1. The quantitative estimate of drug-likeness (QED) is 0.377. The SMILES string of the molecule is O[C@H](CN1CCN(c2ccc(Cl)cc2)CC1)Cn1c2ccc(Cl)cc2c2cc(Cl)ccc21. The van der Waals surface area contributed by atoms with Crippen LogP contribution in [0.4, 0.5) is 5.69 Å². The molecule has 166 valence electrons. The van der Waals surface area contributed by atoms with Crippen LogP contribution >= 0.6 is 34.8 Å². The third kappa shape index (κ3) is 4.43. The Labute approximate surface area is 202 Å². The van der Waals surface area contributed by atoms with E-state index in [1.54, 1.807) is 0 Å². The van der Waals surface area contributed by atoms with E-state index in [0.29, 0.717) is 23.1 Å². The predicted molar refractivity (Wildman–Crippen MR) is 136 cm³/mol. The lowest BCUT2D eigenvalue weighted by Gasteiger charge is -2.37. The summed E-state index contributed by atoms with van der Waals surface area (Å²) < 4.78 is 2.17. The van der Waals surface area contributed by atoms with Gasteiger partial charge in [-0.05, 0) is 60.7 Å². The van der Waals surface area contributed by atoms with Gasteiger partial charge in [0.05, 0.1) is 12.6 Å². The van der Waals surface area contributed by atoms with Crippen molar-refractivity contribution in [1.29, 1.82) is 0 Å². The summed E-state index contributed by atoms with van der Waals surface area (Å²) in [5, 5.41) is 15.2. The maximum absolute atomic E-state index is 11.0. The summed E-state index contributed by atoms with van der Waals surface area (Å²) in [4.78, 5) is 4.69. The molecule has 0 bridgehead atoms. The fourth-order valence-corrected chi connectivity index (χ4v) is 5.12. The van der Waals surface area contributed by atoms with Gasteiger partial charge in [0, 0.05) is 75.3 Å². The van der Waals surface area contributed by atoms with E-state index in [9.17, 15) is 5.11 Å². The van der Waals surface area contributed by atoms with E-state index in [4.69, 9.17) is 34.8 Å². The summed E-state index contributed by atoms with van der Waals surface area (Å²) in [6, 6.07) is 19.7. The van der Waals surface area contributed by atoms with Crippen molar-refractivity contribution in [1.82, 2.24) is 9.47 Å². The molecule has 4 nitrogen and oxygen atoms in total. The van der Waals surface area contributed by atoms with Gasteiger partial charge in [0.2, 0.25) is 0 Å². The van der Waals surface area contributed by atoms with Gasteiger partial charge in [-0.3, -0.25) is 4.90 Å². The molecule has 1 atom stereocenters.